The molecule has 34 heavy (non-hydrogen) atoms. The molecule has 1 N–H and O–H groups in total. The Morgan fingerprint density at radius 3 is 2.32 bits per heavy atom. The number of oxazole rings is 2. The van der Waals surface area contributed by atoms with Crippen molar-refractivity contribution in [1.82, 2.24) is 15.0 Å². The Morgan fingerprint density at radius 2 is 1.53 bits per heavy atom. The summed E-state index contributed by atoms with van der Waals surface area (Å²) in [6.45, 7) is 6.31. The Labute approximate surface area is 197 Å². The third kappa shape index (κ3) is 4.15. The standard InChI is InChI=1S/C23H29N7O4/c31-21(17-15-33-22(25-17)29-8-4-5-9-29)24-16-14-18-19(26-20(16)28-6-2-1-3-7-28)27-23(34-18)30-10-12-32-13-11-30/h14-15H,1-13H2,(H,24,31). The van der Waals surface area contributed by atoms with E-state index in [1.54, 1.807) is 0 Å². The number of amides is 1. The number of rotatable bonds is 5. The van der Waals surface area contributed by atoms with Crippen LogP contribution < -0.4 is 20.0 Å². The Bertz CT molecular complexity index is 1160. The zero-order valence-electron chi connectivity index (χ0n) is 19.2. The minimum absolute atomic E-state index is 0.248. The Morgan fingerprint density at radius 1 is 0.824 bits per heavy atom. The molecule has 3 aromatic rings. The van der Waals surface area contributed by atoms with Crippen LogP contribution in [0.25, 0.3) is 11.2 Å². The van der Waals surface area contributed by atoms with E-state index < -0.39 is 0 Å². The molecule has 3 fully saturated rings. The zero-order valence-corrected chi connectivity index (χ0v) is 19.2. The number of ether oxygens (including phenoxy) is 1. The lowest BCUT2D eigenvalue weighted by atomic mass is 10.1. The summed E-state index contributed by atoms with van der Waals surface area (Å²) >= 11 is 0. The summed E-state index contributed by atoms with van der Waals surface area (Å²) in [6.07, 6.45) is 7.02. The smallest absolute Gasteiger partial charge is 0.300 e. The summed E-state index contributed by atoms with van der Waals surface area (Å²) in [4.78, 5) is 33.3. The fraction of sp³-hybridized carbons (Fsp3) is 0.565. The molecule has 3 aliphatic heterocycles. The summed E-state index contributed by atoms with van der Waals surface area (Å²) < 4.78 is 17.0. The Kier molecular flexibility index (Phi) is 5.69. The van der Waals surface area contributed by atoms with Crippen LogP contribution >= 0.6 is 0 Å². The Balaban J connectivity index is 1.30. The average Bonchev–Trinajstić information content (AvgIpc) is 3.65. The molecule has 3 aliphatic rings. The van der Waals surface area contributed by atoms with Gasteiger partial charge < -0.3 is 33.6 Å². The first-order valence-corrected chi connectivity index (χ1v) is 12.2. The molecule has 0 radical (unpaired) electrons. The molecule has 11 nitrogen and oxygen atoms in total. The molecule has 180 valence electrons. The minimum Gasteiger partial charge on any atom is -0.431 e. The van der Waals surface area contributed by atoms with E-state index in [2.05, 4.69) is 30.0 Å². The van der Waals surface area contributed by atoms with Crippen LogP contribution in [-0.4, -0.2) is 73.3 Å². The third-order valence-electron chi connectivity index (χ3n) is 6.64. The first-order valence-electron chi connectivity index (χ1n) is 12.2. The van der Waals surface area contributed by atoms with E-state index in [1.165, 1.54) is 12.7 Å². The highest BCUT2D eigenvalue weighted by Gasteiger charge is 2.25. The first kappa shape index (κ1) is 21.2. The number of aromatic nitrogens is 3. The van der Waals surface area contributed by atoms with E-state index in [0.717, 1.165) is 65.0 Å². The molecule has 1 amide bonds. The third-order valence-corrected chi connectivity index (χ3v) is 6.64. The van der Waals surface area contributed by atoms with E-state index in [-0.39, 0.29) is 11.6 Å². The average molecular weight is 468 g/mol. The maximum absolute atomic E-state index is 13.1. The molecule has 0 atom stereocenters. The number of nitrogens with zero attached hydrogens (tertiary/aromatic N) is 6. The van der Waals surface area contributed by atoms with Crippen LogP contribution in [0.3, 0.4) is 0 Å². The van der Waals surface area contributed by atoms with Crippen LogP contribution in [-0.2, 0) is 4.74 Å². The minimum atomic E-state index is -0.332. The van der Waals surface area contributed by atoms with Crippen molar-refractivity contribution in [2.24, 2.45) is 0 Å². The van der Waals surface area contributed by atoms with E-state index in [1.807, 2.05) is 6.07 Å². The summed E-state index contributed by atoms with van der Waals surface area (Å²) in [6, 6.07) is 2.85. The second kappa shape index (κ2) is 9.13. The van der Waals surface area contributed by atoms with Gasteiger partial charge in [0.1, 0.15) is 6.26 Å². The lowest BCUT2D eigenvalue weighted by Crippen LogP contribution is -2.36. The molecule has 0 unspecified atom stereocenters. The number of hydrogen-bond donors (Lipinski definition) is 1. The van der Waals surface area contributed by atoms with Crippen molar-refractivity contribution in [3.05, 3.63) is 18.0 Å². The van der Waals surface area contributed by atoms with Crippen LogP contribution in [0.15, 0.2) is 21.2 Å². The summed E-state index contributed by atoms with van der Waals surface area (Å²) in [7, 11) is 0. The molecular formula is C23H29N7O4. The van der Waals surface area contributed by atoms with E-state index in [0.29, 0.717) is 48.0 Å². The van der Waals surface area contributed by atoms with Crippen molar-refractivity contribution < 1.29 is 18.4 Å². The second-order valence-electron chi connectivity index (χ2n) is 8.99. The second-order valence-corrected chi connectivity index (χ2v) is 8.99. The summed E-state index contributed by atoms with van der Waals surface area (Å²) in [5.41, 5.74) is 1.92. The van der Waals surface area contributed by atoms with Crippen LogP contribution in [0.5, 0.6) is 0 Å². The molecule has 6 heterocycles. The van der Waals surface area contributed by atoms with E-state index >= 15 is 0 Å². The number of carbonyl (C=O) groups is 1. The number of anilines is 4. The van der Waals surface area contributed by atoms with Gasteiger partial charge in [0, 0.05) is 45.3 Å². The van der Waals surface area contributed by atoms with Gasteiger partial charge >= 0.3 is 0 Å². The van der Waals surface area contributed by atoms with Crippen molar-refractivity contribution in [1.29, 1.82) is 0 Å². The number of hydrogen-bond acceptors (Lipinski definition) is 10. The SMILES string of the molecule is O=C(Nc1cc2oc(N3CCOCC3)nc2nc1N1CCCCC1)c1coc(N2CCCC2)n1. The number of fused-ring (bicyclic) bond motifs is 1. The molecule has 0 bridgehead atoms. The van der Waals surface area contributed by atoms with Gasteiger partial charge in [-0.15, -0.1) is 0 Å². The van der Waals surface area contributed by atoms with Crippen molar-refractivity contribution in [3.8, 4) is 0 Å². The van der Waals surface area contributed by atoms with Crippen molar-refractivity contribution in [3.63, 3.8) is 0 Å². The predicted molar refractivity (Wildman–Crippen MR) is 127 cm³/mol. The van der Waals surface area contributed by atoms with Crippen LogP contribution in [0.1, 0.15) is 42.6 Å². The topological polar surface area (TPSA) is 113 Å². The molecular weight excluding hydrogens is 438 g/mol. The lowest BCUT2D eigenvalue weighted by molar-refractivity contribution is 0.102. The number of carbonyl (C=O) groups excluding carboxylic acids is 1. The van der Waals surface area contributed by atoms with E-state index in [9.17, 15) is 4.79 Å². The quantitative estimate of drug-likeness (QED) is 0.601. The van der Waals surface area contributed by atoms with Gasteiger partial charge in [-0.1, -0.05) is 0 Å². The number of morpholine rings is 1. The zero-order chi connectivity index (χ0) is 22.9. The maximum Gasteiger partial charge on any atom is 0.300 e. The van der Waals surface area contributed by atoms with Crippen molar-refractivity contribution in [2.75, 3.05) is 72.5 Å². The van der Waals surface area contributed by atoms with Gasteiger partial charge in [-0.25, -0.2) is 4.98 Å². The van der Waals surface area contributed by atoms with Gasteiger partial charge in [0.2, 0.25) is 5.65 Å². The van der Waals surface area contributed by atoms with Gasteiger partial charge in [-0.2, -0.15) is 9.97 Å². The summed E-state index contributed by atoms with van der Waals surface area (Å²) in [5.74, 6) is 0.382. The number of nitrogens with one attached hydrogen (secondary N) is 1. The Hall–Kier alpha value is -3.34. The van der Waals surface area contributed by atoms with Crippen LogP contribution in [0, 0.1) is 0 Å². The number of piperidine rings is 1. The van der Waals surface area contributed by atoms with E-state index in [4.69, 9.17) is 18.6 Å². The fourth-order valence-corrected chi connectivity index (χ4v) is 4.78. The normalized spacial score (nSPS) is 19.2. The van der Waals surface area contributed by atoms with Gasteiger partial charge in [0.25, 0.3) is 17.9 Å². The van der Waals surface area contributed by atoms with Crippen LogP contribution in [0.4, 0.5) is 23.5 Å². The van der Waals surface area contributed by atoms with Crippen molar-refractivity contribution >= 4 is 40.7 Å². The molecule has 3 aromatic heterocycles. The predicted octanol–water partition coefficient (Wildman–Crippen LogP) is 2.89. The fourth-order valence-electron chi connectivity index (χ4n) is 4.78. The molecule has 0 aromatic carbocycles. The summed E-state index contributed by atoms with van der Waals surface area (Å²) in [5, 5.41) is 3.00. The van der Waals surface area contributed by atoms with Crippen molar-refractivity contribution in [2.45, 2.75) is 32.1 Å². The van der Waals surface area contributed by atoms with Gasteiger partial charge in [-0.3, -0.25) is 4.79 Å². The highest BCUT2D eigenvalue weighted by molar-refractivity contribution is 6.05. The van der Waals surface area contributed by atoms with Crippen LogP contribution in [0.2, 0.25) is 0 Å². The molecule has 0 aliphatic carbocycles. The molecule has 0 saturated carbocycles. The molecule has 3 saturated heterocycles. The lowest BCUT2D eigenvalue weighted by Gasteiger charge is -2.29. The van der Waals surface area contributed by atoms with Gasteiger partial charge in [0.15, 0.2) is 17.1 Å². The largest absolute Gasteiger partial charge is 0.431 e. The highest BCUT2D eigenvalue weighted by atomic mass is 16.5. The number of pyridine rings is 1. The molecule has 11 heteroatoms. The van der Waals surface area contributed by atoms with Gasteiger partial charge in [-0.05, 0) is 32.1 Å². The molecule has 0 spiro atoms. The molecule has 6 rings (SSSR count). The maximum atomic E-state index is 13.1. The first-order chi connectivity index (χ1) is 16.7. The monoisotopic (exact) mass is 467 g/mol. The highest BCUT2D eigenvalue weighted by Crippen LogP contribution is 2.32. The van der Waals surface area contributed by atoms with Gasteiger partial charge in [0.05, 0.1) is 18.9 Å².